The lowest BCUT2D eigenvalue weighted by Gasteiger charge is -2.09. The van der Waals surface area contributed by atoms with E-state index in [1.54, 1.807) is 0 Å². The van der Waals surface area contributed by atoms with Gasteiger partial charge in [-0.1, -0.05) is 19.8 Å². The molecule has 4 heteroatoms. The fraction of sp³-hybridized carbons (Fsp3) is 0.909. The zero-order valence-electron chi connectivity index (χ0n) is 9.67. The normalized spacial score (nSPS) is 18.4. The Labute approximate surface area is 92.3 Å². The number of nitrogens with zero attached hydrogens (tertiary/aromatic N) is 1. The van der Waals surface area contributed by atoms with E-state index in [0.717, 1.165) is 25.3 Å². The van der Waals surface area contributed by atoms with Crippen LogP contribution in [0.2, 0.25) is 0 Å². The zero-order valence-corrected chi connectivity index (χ0v) is 9.67. The first-order chi connectivity index (χ1) is 7.36. The van der Waals surface area contributed by atoms with Gasteiger partial charge in [-0.05, 0) is 19.3 Å². The van der Waals surface area contributed by atoms with Crippen LogP contribution in [0.15, 0.2) is 4.99 Å². The van der Waals surface area contributed by atoms with Gasteiger partial charge in [-0.3, -0.25) is 4.99 Å². The standard InChI is InChI=1S/C11H23N3O/c1-2-8-15-9-7-11(14-12)13-10-5-3-4-6-10/h10H,2-9,12H2,1H3,(H,13,14). The number of amidine groups is 1. The molecule has 0 saturated heterocycles. The molecule has 1 rings (SSSR count). The first-order valence-corrected chi connectivity index (χ1v) is 5.97. The Bertz CT molecular complexity index is 188. The molecular weight excluding hydrogens is 190 g/mol. The monoisotopic (exact) mass is 213 g/mol. The average Bonchev–Trinajstić information content (AvgIpc) is 2.75. The van der Waals surface area contributed by atoms with Crippen LogP contribution in [-0.2, 0) is 4.74 Å². The van der Waals surface area contributed by atoms with Crippen LogP contribution < -0.4 is 11.3 Å². The summed E-state index contributed by atoms with van der Waals surface area (Å²) in [6.07, 6.45) is 6.89. The van der Waals surface area contributed by atoms with Gasteiger partial charge in [0.2, 0.25) is 0 Å². The van der Waals surface area contributed by atoms with E-state index < -0.39 is 0 Å². The van der Waals surface area contributed by atoms with Crippen molar-refractivity contribution in [2.24, 2.45) is 10.8 Å². The minimum absolute atomic E-state index is 0.488. The van der Waals surface area contributed by atoms with E-state index in [-0.39, 0.29) is 0 Å². The number of hydrogen-bond acceptors (Lipinski definition) is 3. The molecule has 0 aromatic carbocycles. The van der Waals surface area contributed by atoms with Crippen LogP contribution in [0.3, 0.4) is 0 Å². The van der Waals surface area contributed by atoms with Crippen molar-refractivity contribution in [2.75, 3.05) is 13.2 Å². The van der Waals surface area contributed by atoms with Crippen molar-refractivity contribution in [3.8, 4) is 0 Å². The topological polar surface area (TPSA) is 59.6 Å². The number of nitrogens with two attached hydrogens (primary N) is 1. The Balaban J connectivity index is 2.21. The van der Waals surface area contributed by atoms with Crippen molar-refractivity contribution in [1.29, 1.82) is 0 Å². The summed E-state index contributed by atoms with van der Waals surface area (Å²) in [5, 5.41) is 0. The summed E-state index contributed by atoms with van der Waals surface area (Å²) in [6.45, 7) is 3.64. The molecule has 0 heterocycles. The predicted molar refractivity (Wildman–Crippen MR) is 62.7 cm³/mol. The van der Waals surface area contributed by atoms with E-state index in [1.807, 2.05) is 0 Å². The molecule has 0 radical (unpaired) electrons. The van der Waals surface area contributed by atoms with Gasteiger partial charge in [-0.2, -0.15) is 0 Å². The Morgan fingerprint density at radius 3 is 2.73 bits per heavy atom. The first kappa shape index (κ1) is 12.5. The van der Waals surface area contributed by atoms with Crippen LogP contribution in [0.25, 0.3) is 0 Å². The predicted octanol–water partition coefficient (Wildman–Crippen LogP) is 1.61. The maximum absolute atomic E-state index is 5.43. The summed E-state index contributed by atoms with van der Waals surface area (Å²) < 4.78 is 5.40. The Kier molecular flexibility index (Phi) is 6.36. The second-order valence-electron chi connectivity index (χ2n) is 4.02. The Morgan fingerprint density at radius 2 is 2.13 bits per heavy atom. The van der Waals surface area contributed by atoms with Gasteiger partial charge in [0.1, 0.15) is 5.84 Å². The van der Waals surface area contributed by atoms with Gasteiger partial charge in [0, 0.05) is 13.0 Å². The maximum Gasteiger partial charge on any atom is 0.113 e. The molecule has 1 saturated carbocycles. The highest BCUT2D eigenvalue weighted by Gasteiger charge is 2.14. The van der Waals surface area contributed by atoms with Crippen LogP contribution in [-0.4, -0.2) is 25.1 Å². The number of nitrogens with one attached hydrogen (secondary N) is 1. The van der Waals surface area contributed by atoms with Crippen molar-refractivity contribution < 1.29 is 4.74 Å². The van der Waals surface area contributed by atoms with Crippen LogP contribution >= 0.6 is 0 Å². The SMILES string of the molecule is CCCOCCC(=NC1CCCC1)NN. The highest BCUT2D eigenvalue weighted by Crippen LogP contribution is 2.20. The van der Waals surface area contributed by atoms with Crippen molar-refractivity contribution in [3.63, 3.8) is 0 Å². The quantitative estimate of drug-likeness (QED) is 0.232. The van der Waals surface area contributed by atoms with Gasteiger partial charge in [0.15, 0.2) is 0 Å². The molecule has 0 aromatic rings. The molecule has 1 fully saturated rings. The summed E-state index contributed by atoms with van der Waals surface area (Å²) in [5.74, 6) is 6.32. The molecule has 0 atom stereocenters. The molecule has 0 aliphatic heterocycles. The van der Waals surface area contributed by atoms with E-state index in [4.69, 9.17) is 10.6 Å². The molecule has 1 aliphatic carbocycles. The third-order valence-corrected chi connectivity index (χ3v) is 2.66. The lowest BCUT2D eigenvalue weighted by atomic mass is 10.2. The van der Waals surface area contributed by atoms with Crippen molar-refractivity contribution in [1.82, 2.24) is 5.43 Å². The van der Waals surface area contributed by atoms with Crippen LogP contribution in [0.4, 0.5) is 0 Å². The molecule has 3 N–H and O–H groups in total. The highest BCUT2D eigenvalue weighted by atomic mass is 16.5. The van der Waals surface area contributed by atoms with Crippen molar-refractivity contribution >= 4 is 5.84 Å². The van der Waals surface area contributed by atoms with Gasteiger partial charge >= 0.3 is 0 Å². The molecule has 15 heavy (non-hydrogen) atoms. The minimum Gasteiger partial charge on any atom is -0.381 e. The molecule has 0 aromatic heterocycles. The second-order valence-corrected chi connectivity index (χ2v) is 4.02. The molecule has 0 bridgehead atoms. The average molecular weight is 213 g/mol. The van der Waals surface area contributed by atoms with E-state index in [9.17, 15) is 0 Å². The number of aliphatic imine (C=N–C) groups is 1. The van der Waals surface area contributed by atoms with Crippen LogP contribution in [0.1, 0.15) is 45.4 Å². The van der Waals surface area contributed by atoms with Gasteiger partial charge in [-0.15, -0.1) is 0 Å². The molecule has 4 nitrogen and oxygen atoms in total. The molecule has 0 spiro atoms. The number of hydrazine groups is 1. The molecule has 0 amide bonds. The summed E-state index contributed by atoms with van der Waals surface area (Å²) in [7, 11) is 0. The van der Waals surface area contributed by atoms with E-state index in [2.05, 4.69) is 17.3 Å². The highest BCUT2D eigenvalue weighted by molar-refractivity contribution is 5.81. The Morgan fingerprint density at radius 1 is 1.40 bits per heavy atom. The fourth-order valence-corrected chi connectivity index (χ4v) is 1.84. The summed E-state index contributed by atoms with van der Waals surface area (Å²) in [6, 6.07) is 0.488. The lowest BCUT2D eigenvalue weighted by Crippen LogP contribution is -2.32. The van der Waals surface area contributed by atoms with Gasteiger partial charge in [0.25, 0.3) is 0 Å². The van der Waals surface area contributed by atoms with Gasteiger partial charge in [0.05, 0.1) is 12.6 Å². The zero-order chi connectivity index (χ0) is 10.9. The molecule has 88 valence electrons. The van der Waals surface area contributed by atoms with Crippen molar-refractivity contribution in [3.05, 3.63) is 0 Å². The largest absolute Gasteiger partial charge is 0.381 e. The smallest absolute Gasteiger partial charge is 0.113 e. The summed E-state index contributed by atoms with van der Waals surface area (Å²) in [4.78, 5) is 4.59. The summed E-state index contributed by atoms with van der Waals surface area (Å²) >= 11 is 0. The fourth-order valence-electron chi connectivity index (χ4n) is 1.84. The van der Waals surface area contributed by atoms with Crippen molar-refractivity contribution in [2.45, 2.75) is 51.5 Å². The molecule has 0 unspecified atom stereocenters. The van der Waals surface area contributed by atoms with E-state index >= 15 is 0 Å². The van der Waals surface area contributed by atoms with Gasteiger partial charge in [-0.25, -0.2) is 5.84 Å². The number of ether oxygens (including phenoxy) is 1. The Hall–Kier alpha value is -0.610. The minimum atomic E-state index is 0.488. The van der Waals surface area contributed by atoms with Crippen LogP contribution in [0, 0.1) is 0 Å². The lowest BCUT2D eigenvalue weighted by molar-refractivity contribution is 0.141. The third-order valence-electron chi connectivity index (χ3n) is 2.66. The maximum atomic E-state index is 5.43. The number of hydrogen-bond donors (Lipinski definition) is 2. The van der Waals surface area contributed by atoms with E-state index in [0.29, 0.717) is 12.6 Å². The van der Waals surface area contributed by atoms with E-state index in [1.165, 1.54) is 25.7 Å². The second kappa shape index (κ2) is 7.65. The van der Waals surface area contributed by atoms with Gasteiger partial charge < -0.3 is 10.2 Å². The first-order valence-electron chi connectivity index (χ1n) is 5.97. The third kappa shape index (κ3) is 5.14. The molecular formula is C11H23N3O. The molecule has 1 aliphatic rings. The number of rotatable bonds is 6. The summed E-state index contributed by atoms with van der Waals surface area (Å²) in [5.41, 5.74) is 2.68. The van der Waals surface area contributed by atoms with Crippen LogP contribution in [0.5, 0.6) is 0 Å².